The predicted molar refractivity (Wildman–Crippen MR) is 81.5 cm³/mol. The molecule has 1 N–H and O–H groups in total. The van der Waals surface area contributed by atoms with Gasteiger partial charge in [-0.15, -0.1) is 0 Å². The highest BCUT2D eigenvalue weighted by molar-refractivity contribution is 5.48. The molecule has 1 aromatic rings. The second kappa shape index (κ2) is 6.38. The van der Waals surface area contributed by atoms with Crippen LogP contribution in [0.4, 0.5) is 5.82 Å². The Kier molecular flexibility index (Phi) is 4.81. The Morgan fingerprint density at radius 2 is 2.26 bits per heavy atom. The number of rotatable bonds is 5. The summed E-state index contributed by atoms with van der Waals surface area (Å²) in [6.07, 6.45) is 3.33. The number of aryl methyl sites for hydroxylation is 1. The van der Waals surface area contributed by atoms with Gasteiger partial charge in [0.1, 0.15) is 5.82 Å². The molecule has 3 heteroatoms. The Morgan fingerprint density at radius 3 is 2.84 bits per heavy atom. The summed E-state index contributed by atoms with van der Waals surface area (Å²) >= 11 is 0. The third kappa shape index (κ3) is 3.47. The topological polar surface area (TPSA) is 28.2 Å². The highest BCUT2D eigenvalue weighted by atomic mass is 15.2. The number of nitrogens with one attached hydrogen (secondary N) is 1. The minimum absolute atomic E-state index is 0.776. The molecule has 0 saturated carbocycles. The van der Waals surface area contributed by atoms with E-state index in [1.54, 1.807) is 0 Å². The monoisotopic (exact) mass is 261 g/mol. The van der Waals surface area contributed by atoms with Crippen LogP contribution in [0.2, 0.25) is 0 Å². The maximum Gasteiger partial charge on any atom is 0.131 e. The highest BCUT2D eigenvalue weighted by Crippen LogP contribution is 2.29. The maximum atomic E-state index is 4.69. The molecule has 1 atom stereocenters. The zero-order valence-electron chi connectivity index (χ0n) is 12.7. The molecule has 2 rings (SSSR count). The van der Waals surface area contributed by atoms with E-state index in [0.717, 1.165) is 38.0 Å². The lowest BCUT2D eigenvalue weighted by molar-refractivity contribution is 0.422. The number of hydrogen-bond donors (Lipinski definition) is 1. The van der Waals surface area contributed by atoms with Crippen molar-refractivity contribution >= 4 is 5.82 Å². The molecule has 0 aliphatic carbocycles. The molecule has 1 fully saturated rings. The van der Waals surface area contributed by atoms with Crippen molar-refractivity contribution in [1.82, 2.24) is 10.3 Å². The summed E-state index contributed by atoms with van der Waals surface area (Å²) in [6, 6.07) is 2.27. The van der Waals surface area contributed by atoms with Crippen molar-refractivity contribution in [3.8, 4) is 0 Å². The molecule has 1 unspecified atom stereocenters. The van der Waals surface area contributed by atoms with Crippen LogP contribution < -0.4 is 10.2 Å². The molecule has 3 nitrogen and oxygen atoms in total. The van der Waals surface area contributed by atoms with Crippen LogP contribution in [-0.2, 0) is 6.54 Å². The molecule has 1 saturated heterocycles. The average Bonchev–Trinajstić information content (AvgIpc) is 2.86. The Morgan fingerprint density at radius 1 is 1.47 bits per heavy atom. The van der Waals surface area contributed by atoms with E-state index >= 15 is 0 Å². The van der Waals surface area contributed by atoms with E-state index in [1.807, 2.05) is 6.20 Å². The second-order valence-electron chi connectivity index (χ2n) is 6.00. The second-order valence-corrected chi connectivity index (χ2v) is 6.00. The van der Waals surface area contributed by atoms with Gasteiger partial charge >= 0.3 is 0 Å². The van der Waals surface area contributed by atoms with Gasteiger partial charge in [0.25, 0.3) is 0 Å². The number of anilines is 1. The molecule has 0 amide bonds. The molecule has 0 spiro atoms. The van der Waals surface area contributed by atoms with Gasteiger partial charge < -0.3 is 10.2 Å². The van der Waals surface area contributed by atoms with E-state index in [0.29, 0.717) is 0 Å². The Labute approximate surface area is 117 Å². The van der Waals surface area contributed by atoms with E-state index in [-0.39, 0.29) is 0 Å². The van der Waals surface area contributed by atoms with E-state index in [1.165, 1.54) is 23.4 Å². The van der Waals surface area contributed by atoms with Crippen LogP contribution in [0, 0.1) is 18.8 Å². The van der Waals surface area contributed by atoms with Gasteiger partial charge in [-0.05, 0) is 48.9 Å². The molecule has 1 aliphatic heterocycles. The molecule has 0 radical (unpaired) electrons. The van der Waals surface area contributed by atoms with Crippen molar-refractivity contribution in [2.24, 2.45) is 11.8 Å². The summed E-state index contributed by atoms with van der Waals surface area (Å²) in [6.45, 7) is 13.2. The van der Waals surface area contributed by atoms with E-state index in [2.05, 4.69) is 44.0 Å². The number of hydrogen-bond acceptors (Lipinski definition) is 3. The third-order valence-corrected chi connectivity index (χ3v) is 4.15. The Balaban J connectivity index is 2.05. The van der Waals surface area contributed by atoms with Crippen LogP contribution in [0.25, 0.3) is 0 Å². The lowest BCUT2D eigenvalue weighted by Crippen LogP contribution is -2.23. The first-order valence-corrected chi connectivity index (χ1v) is 7.53. The largest absolute Gasteiger partial charge is 0.356 e. The minimum atomic E-state index is 0.776. The molecule has 0 aromatic carbocycles. The summed E-state index contributed by atoms with van der Waals surface area (Å²) in [4.78, 5) is 7.15. The molecule has 1 aliphatic rings. The SMILES string of the molecule is CCNCc1cnc(N2CCC(C(C)C)C2)c(C)c1. The smallest absolute Gasteiger partial charge is 0.131 e. The third-order valence-electron chi connectivity index (χ3n) is 4.15. The van der Waals surface area contributed by atoms with Crippen LogP contribution in [0.3, 0.4) is 0 Å². The quantitative estimate of drug-likeness (QED) is 0.883. The first-order valence-electron chi connectivity index (χ1n) is 7.53. The average molecular weight is 261 g/mol. The number of nitrogens with zero attached hydrogens (tertiary/aromatic N) is 2. The van der Waals surface area contributed by atoms with Gasteiger partial charge in [-0.1, -0.05) is 20.8 Å². The molecule has 2 heterocycles. The lowest BCUT2D eigenvalue weighted by atomic mass is 9.95. The van der Waals surface area contributed by atoms with Crippen LogP contribution in [-0.4, -0.2) is 24.6 Å². The van der Waals surface area contributed by atoms with Gasteiger partial charge in [-0.3, -0.25) is 0 Å². The molecule has 106 valence electrons. The zero-order chi connectivity index (χ0) is 13.8. The lowest BCUT2D eigenvalue weighted by Gasteiger charge is -2.21. The van der Waals surface area contributed by atoms with E-state index in [9.17, 15) is 0 Å². The standard InChI is InChI=1S/C16H27N3/c1-5-17-9-14-8-13(4)16(18-10-14)19-7-6-15(11-19)12(2)3/h8,10,12,15,17H,5-7,9,11H2,1-4H3. The van der Waals surface area contributed by atoms with E-state index in [4.69, 9.17) is 4.98 Å². The predicted octanol–water partition coefficient (Wildman–Crippen LogP) is 2.98. The van der Waals surface area contributed by atoms with Crippen molar-refractivity contribution in [3.05, 3.63) is 23.4 Å². The van der Waals surface area contributed by atoms with Crippen molar-refractivity contribution in [3.63, 3.8) is 0 Å². The summed E-state index contributed by atoms with van der Waals surface area (Å²) in [7, 11) is 0. The van der Waals surface area contributed by atoms with Gasteiger partial charge in [-0.2, -0.15) is 0 Å². The van der Waals surface area contributed by atoms with Gasteiger partial charge in [-0.25, -0.2) is 4.98 Å². The fraction of sp³-hybridized carbons (Fsp3) is 0.688. The molecule has 19 heavy (non-hydrogen) atoms. The van der Waals surface area contributed by atoms with Crippen molar-refractivity contribution in [1.29, 1.82) is 0 Å². The van der Waals surface area contributed by atoms with Crippen molar-refractivity contribution < 1.29 is 0 Å². The van der Waals surface area contributed by atoms with Gasteiger partial charge in [0, 0.05) is 25.8 Å². The molecular weight excluding hydrogens is 234 g/mol. The summed E-state index contributed by atoms with van der Waals surface area (Å²) < 4.78 is 0. The Hall–Kier alpha value is -1.09. The first-order chi connectivity index (χ1) is 9.11. The summed E-state index contributed by atoms with van der Waals surface area (Å²) in [5.41, 5.74) is 2.59. The van der Waals surface area contributed by atoms with Crippen LogP contribution in [0.5, 0.6) is 0 Å². The Bertz CT molecular complexity index is 414. The first kappa shape index (κ1) is 14.3. The van der Waals surface area contributed by atoms with Gasteiger partial charge in [0.05, 0.1) is 0 Å². The minimum Gasteiger partial charge on any atom is -0.356 e. The summed E-state index contributed by atoms with van der Waals surface area (Å²) in [5, 5.41) is 3.35. The molecular formula is C16H27N3. The normalized spacial score (nSPS) is 19.4. The fourth-order valence-electron chi connectivity index (χ4n) is 2.85. The van der Waals surface area contributed by atoms with Crippen molar-refractivity contribution in [2.45, 2.75) is 40.7 Å². The summed E-state index contributed by atoms with van der Waals surface area (Å²) in [5.74, 6) is 2.78. The van der Waals surface area contributed by atoms with Crippen molar-refractivity contribution in [2.75, 3.05) is 24.5 Å². The van der Waals surface area contributed by atoms with Gasteiger partial charge in [0.2, 0.25) is 0 Å². The number of aromatic nitrogens is 1. The van der Waals surface area contributed by atoms with Crippen LogP contribution in [0.1, 0.15) is 38.3 Å². The maximum absolute atomic E-state index is 4.69. The highest BCUT2D eigenvalue weighted by Gasteiger charge is 2.26. The van der Waals surface area contributed by atoms with E-state index < -0.39 is 0 Å². The van der Waals surface area contributed by atoms with Crippen LogP contribution in [0.15, 0.2) is 12.3 Å². The van der Waals surface area contributed by atoms with Gasteiger partial charge in [0.15, 0.2) is 0 Å². The number of pyridine rings is 1. The zero-order valence-corrected chi connectivity index (χ0v) is 12.7. The molecule has 0 bridgehead atoms. The van der Waals surface area contributed by atoms with Crippen LogP contribution >= 0.6 is 0 Å². The molecule has 1 aromatic heterocycles. The fourth-order valence-corrected chi connectivity index (χ4v) is 2.85.